The third-order valence-corrected chi connectivity index (χ3v) is 4.20. The van der Waals surface area contributed by atoms with E-state index >= 15 is 0 Å². The molecule has 1 fully saturated rings. The topological polar surface area (TPSA) is 80.2 Å². The largest absolute Gasteiger partial charge is 0.336 e. The van der Waals surface area contributed by atoms with Gasteiger partial charge in [0.2, 0.25) is 0 Å². The summed E-state index contributed by atoms with van der Waals surface area (Å²) in [5.41, 5.74) is 1.65. The zero-order valence-electron chi connectivity index (χ0n) is 13.2. The van der Waals surface area contributed by atoms with E-state index in [-0.39, 0.29) is 17.0 Å². The maximum atomic E-state index is 12.4. The molecule has 122 valence electrons. The maximum absolute atomic E-state index is 12.4. The van der Waals surface area contributed by atoms with Crippen LogP contribution in [0.4, 0.5) is 0 Å². The molecule has 0 aliphatic carbocycles. The van der Waals surface area contributed by atoms with Crippen LogP contribution in [-0.2, 0) is 6.54 Å². The van der Waals surface area contributed by atoms with E-state index in [1.54, 1.807) is 17.0 Å². The molecule has 1 aliphatic rings. The molecule has 1 aromatic carbocycles. The number of nitrogens with zero attached hydrogens (tertiary/aromatic N) is 3. The van der Waals surface area contributed by atoms with E-state index in [1.165, 1.54) is 6.20 Å². The highest BCUT2D eigenvalue weighted by Gasteiger charge is 2.23. The van der Waals surface area contributed by atoms with Gasteiger partial charge < -0.3 is 9.88 Å². The van der Waals surface area contributed by atoms with Gasteiger partial charge in [0.1, 0.15) is 5.56 Å². The lowest BCUT2D eigenvalue weighted by molar-refractivity contribution is 0.0626. The van der Waals surface area contributed by atoms with E-state index in [1.807, 2.05) is 24.3 Å². The third kappa shape index (κ3) is 3.53. The molecule has 0 bridgehead atoms. The molecule has 2 aromatic rings. The van der Waals surface area contributed by atoms with Crippen LogP contribution in [0.1, 0.15) is 21.5 Å². The van der Waals surface area contributed by atoms with Gasteiger partial charge in [0.25, 0.3) is 11.5 Å². The quantitative estimate of drug-likeness (QED) is 0.921. The lowest BCUT2D eigenvalue weighted by atomic mass is 10.1. The van der Waals surface area contributed by atoms with Crippen molar-refractivity contribution in [3.05, 3.63) is 69.6 Å². The molecule has 24 heavy (non-hydrogen) atoms. The first-order valence-electron chi connectivity index (χ1n) is 7.86. The predicted molar refractivity (Wildman–Crippen MR) is 89.4 cm³/mol. The van der Waals surface area contributed by atoms with E-state index in [0.717, 1.165) is 25.2 Å². The van der Waals surface area contributed by atoms with Crippen LogP contribution in [0.3, 0.4) is 0 Å². The van der Waals surface area contributed by atoms with Gasteiger partial charge in [0.15, 0.2) is 0 Å². The number of hydrogen-bond acceptors (Lipinski definition) is 4. The van der Waals surface area contributed by atoms with Gasteiger partial charge in [0, 0.05) is 38.9 Å². The number of benzene rings is 1. The Labute approximate surface area is 139 Å². The summed E-state index contributed by atoms with van der Waals surface area (Å²) < 4.78 is 0. The Hall–Kier alpha value is -2.91. The fourth-order valence-electron chi connectivity index (χ4n) is 2.81. The molecule has 2 heterocycles. The molecule has 0 radical (unpaired) electrons. The van der Waals surface area contributed by atoms with Crippen LogP contribution in [0.5, 0.6) is 0 Å². The molecule has 1 saturated heterocycles. The Morgan fingerprint density at radius 1 is 1.12 bits per heavy atom. The van der Waals surface area contributed by atoms with Crippen LogP contribution in [0, 0.1) is 11.3 Å². The van der Waals surface area contributed by atoms with E-state index < -0.39 is 0 Å². The van der Waals surface area contributed by atoms with Crippen LogP contribution in [0.15, 0.2) is 47.4 Å². The second-order valence-corrected chi connectivity index (χ2v) is 5.79. The van der Waals surface area contributed by atoms with Gasteiger partial charge >= 0.3 is 0 Å². The molecular formula is C18H18N4O2. The summed E-state index contributed by atoms with van der Waals surface area (Å²) in [7, 11) is 0. The normalized spacial score (nSPS) is 15.0. The van der Waals surface area contributed by atoms with Crippen molar-refractivity contribution in [3.8, 4) is 6.07 Å². The van der Waals surface area contributed by atoms with Crippen molar-refractivity contribution in [2.24, 2.45) is 0 Å². The molecule has 1 aliphatic heterocycles. The summed E-state index contributed by atoms with van der Waals surface area (Å²) in [5.74, 6) is -0.213. The first kappa shape index (κ1) is 16.0. The predicted octanol–water partition coefficient (Wildman–Crippen LogP) is 1.20. The van der Waals surface area contributed by atoms with Gasteiger partial charge in [-0.1, -0.05) is 12.1 Å². The minimum Gasteiger partial charge on any atom is -0.336 e. The minimum absolute atomic E-state index is 0.193. The van der Waals surface area contributed by atoms with Crippen LogP contribution < -0.4 is 5.56 Å². The van der Waals surface area contributed by atoms with E-state index in [2.05, 4.69) is 16.0 Å². The zero-order chi connectivity index (χ0) is 16.9. The van der Waals surface area contributed by atoms with Crippen molar-refractivity contribution in [2.75, 3.05) is 26.2 Å². The third-order valence-electron chi connectivity index (χ3n) is 4.20. The number of aromatic nitrogens is 1. The molecule has 0 unspecified atom stereocenters. The maximum Gasteiger partial charge on any atom is 0.260 e. The lowest BCUT2D eigenvalue weighted by Gasteiger charge is -2.34. The standard InChI is InChI=1S/C18H18N4O2/c19-12-14-3-5-15(6-4-14)13-21-8-10-22(11-9-21)18(24)16-2-1-7-20-17(16)23/h1-7H,8-11,13H2,(H,20,23). The number of nitriles is 1. The van der Waals surface area contributed by atoms with Gasteiger partial charge in [-0.25, -0.2) is 0 Å². The van der Waals surface area contributed by atoms with Crippen molar-refractivity contribution in [1.29, 1.82) is 5.26 Å². The van der Waals surface area contributed by atoms with E-state index in [0.29, 0.717) is 18.7 Å². The molecule has 0 atom stereocenters. The number of piperazine rings is 1. The number of pyridine rings is 1. The molecule has 1 N–H and O–H groups in total. The van der Waals surface area contributed by atoms with Crippen molar-refractivity contribution < 1.29 is 4.79 Å². The smallest absolute Gasteiger partial charge is 0.260 e. The van der Waals surface area contributed by atoms with Gasteiger partial charge in [-0.3, -0.25) is 14.5 Å². The number of hydrogen-bond donors (Lipinski definition) is 1. The Bertz CT molecular complexity index is 812. The molecule has 1 amide bonds. The van der Waals surface area contributed by atoms with Gasteiger partial charge in [0.05, 0.1) is 11.6 Å². The summed E-state index contributed by atoms with van der Waals surface area (Å²) in [5, 5.41) is 8.82. The van der Waals surface area contributed by atoms with Crippen LogP contribution in [0.2, 0.25) is 0 Å². The Morgan fingerprint density at radius 2 is 1.83 bits per heavy atom. The highest BCUT2D eigenvalue weighted by Crippen LogP contribution is 2.11. The molecule has 6 heteroatoms. The van der Waals surface area contributed by atoms with Crippen molar-refractivity contribution in [3.63, 3.8) is 0 Å². The minimum atomic E-state index is -0.345. The summed E-state index contributed by atoms with van der Waals surface area (Å²) in [6.45, 7) is 3.51. The van der Waals surface area contributed by atoms with Crippen LogP contribution in [0.25, 0.3) is 0 Å². The zero-order valence-corrected chi connectivity index (χ0v) is 13.2. The molecule has 0 saturated carbocycles. The van der Waals surface area contributed by atoms with Gasteiger partial charge in [-0.05, 0) is 29.8 Å². The Balaban J connectivity index is 1.57. The first-order chi connectivity index (χ1) is 11.7. The Morgan fingerprint density at radius 3 is 2.46 bits per heavy atom. The van der Waals surface area contributed by atoms with Gasteiger partial charge in [-0.2, -0.15) is 5.26 Å². The monoisotopic (exact) mass is 322 g/mol. The Kier molecular flexibility index (Phi) is 4.73. The second kappa shape index (κ2) is 7.11. The lowest BCUT2D eigenvalue weighted by Crippen LogP contribution is -2.49. The van der Waals surface area contributed by atoms with Gasteiger partial charge in [-0.15, -0.1) is 0 Å². The van der Waals surface area contributed by atoms with Crippen LogP contribution >= 0.6 is 0 Å². The highest BCUT2D eigenvalue weighted by atomic mass is 16.2. The number of aromatic amines is 1. The number of rotatable bonds is 3. The molecular weight excluding hydrogens is 304 g/mol. The molecule has 1 aromatic heterocycles. The molecule has 3 rings (SSSR count). The fourth-order valence-corrected chi connectivity index (χ4v) is 2.81. The number of H-pyrrole nitrogens is 1. The number of carbonyl (C=O) groups excluding carboxylic acids is 1. The molecule has 0 spiro atoms. The number of carbonyl (C=O) groups is 1. The number of amides is 1. The summed E-state index contributed by atoms with van der Waals surface area (Å²) in [6, 6.07) is 12.9. The van der Waals surface area contributed by atoms with Crippen molar-refractivity contribution in [2.45, 2.75) is 6.54 Å². The first-order valence-corrected chi connectivity index (χ1v) is 7.86. The SMILES string of the molecule is N#Cc1ccc(CN2CCN(C(=O)c3ccc[nH]c3=O)CC2)cc1. The summed E-state index contributed by atoms with van der Waals surface area (Å²) in [6.07, 6.45) is 1.52. The van der Waals surface area contributed by atoms with E-state index in [9.17, 15) is 9.59 Å². The van der Waals surface area contributed by atoms with Crippen molar-refractivity contribution >= 4 is 5.91 Å². The van der Waals surface area contributed by atoms with E-state index in [4.69, 9.17) is 5.26 Å². The van der Waals surface area contributed by atoms with Crippen molar-refractivity contribution in [1.82, 2.24) is 14.8 Å². The molecule has 6 nitrogen and oxygen atoms in total. The summed E-state index contributed by atoms with van der Waals surface area (Å²) in [4.78, 5) is 30.7. The van der Waals surface area contributed by atoms with Crippen LogP contribution in [-0.4, -0.2) is 46.9 Å². The average molecular weight is 322 g/mol. The summed E-state index contributed by atoms with van der Waals surface area (Å²) >= 11 is 0. The highest BCUT2D eigenvalue weighted by molar-refractivity contribution is 5.93. The number of nitrogens with one attached hydrogen (secondary N) is 1. The second-order valence-electron chi connectivity index (χ2n) is 5.79. The average Bonchev–Trinajstić information content (AvgIpc) is 2.63. The fraction of sp³-hybridized carbons (Fsp3) is 0.278.